The van der Waals surface area contributed by atoms with Crippen molar-refractivity contribution < 1.29 is 19.1 Å². The Kier molecular flexibility index (Phi) is 7.32. The highest BCUT2D eigenvalue weighted by molar-refractivity contribution is 6.40. The van der Waals surface area contributed by atoms with E-state index in [1.165, 1.54) is 19.4 Å². The summed E-state index contributed by atoms with van der Waals surface area (Å²) < 4.78 is 5.19. The molecule has 0 radical (unpaired) electrons. The quantitative estimate of drug-likeness (QED) is 0.317. The molecule has 0 aromatic heterocycles. The molecular weight excluding hydrogens is 408 g/mol. The predicted octanol–water partition coefficient (Wildman–Crippen LogP) is 3.34. The normalized spacial score (nSPS) is 10.4. The number of hydrogen-bond donors (Lipinski definition) is 3. The van der Waals surface area contributed by atoms with Crippen molar-refractivity contribution in [1.29, 1.82) is 0 Å². The van der Waals surface area contributed by atoms with Gasteiger partial charge in [0.15, 0.2) is 0 Å². The number of hydrogen-bond acceptors (Lipinski definition) is 5. The van der Waals surface area contributed by atoms with Gasteiger partial charge in [-0.2, -0.15) is 5.10 Å². The molecule has 0 aliphatic carbocycles. The summed E-state index contributed by atoms with van der Waals surface area (Å²) in [7, 11) is 1.52. The van der Waals surface area contributed by atoms with Crippen molar-refractivity contribution in [1.82, 2.24) is 5.43 Å². The molecule has 8 heteroatoms. The highest BCUT2D eigenvalue weighted by Gasteiger charge is 2.18. The van der Waals surface area contributed by atoms with Crippen LogP contribution in [0.2, 0.25) is 0 Å². The Balaban J connectivity index is 1.65. The molecule has 0 saturated heterocycles. The Morgan fingerprint density at radius 1 is 0.875 bits per heavy atom. The lowest BCUT2D eigenvalue weighted by atomic mass is 10.1. The largest absolute Gasteiger partial charge is 0.496 e. The molecule has 0 unspecified atom stereocenters. The molecule has 8 nitrogen and oxygen atoms in total. The molecule has 3 aromatic rings. The van der Waals surface area contributed by atoms with Gasteiger partial charge in [0.2, 0.25) is 0 Å². The lowest BCUT2D eigenvalue weighted by Crippen LogP contribution is -2.33. The van der Waals surface area contributed by atoms with Gasteiger partial charge in [0.05, 0.1) is 24.6 Å². The van der Waals surface area contributed by atoms with Crippen LogP contribution < -0.4 is 20.8 Å². The SMILES string of the molecule is COc1ccccc1C=NNC(=O)C(=O)Nc1ccccc1C(=O)Nc1cccc(C)c1. The number of amides is 3. The molecule has 3 aromatic carbocycles. The number of hydrazone groups is 1. The van der Waals surface area contributed by atoms with Crippen LogP contribution in [0.3, 0.4) is 0 Å². The molecule has 162 valence electrons. The first-order chi connectivity index (χ1) is 15.5. The van der Waals surface area contributed by atoms with Crippen molar-refractivity contribution in [3.05, 3.63) is 89.5 Å². The predicted molar refractivity (Wildman–Crippen MR) is 123 cm³/mol. The summed E-state index contributed by atoms with van der Waals surface area (Å²) in [6.45, 7) is 1.92. The van der Waals surface area contributed by atoms with E-state index in [1.54, 1.807) is 48.5 Å². The average Bonchev–Trinajstić information content (AvgIpc) is 2.79. The van der Waals surface area contributed by atoms with Crippen molar-refractivity contribution in [2.24, 2.45) is 5.10 Å². The zero-order valence-corrected chi connectivity index (χ0v) is 17.6. The summed E-state index contributed by atoms with van der Waals surface area (Å²) in [6.07, 6.45) is 1.37. The third-order valence-corrected chi connectivity index (χ3v) is 4.41. The van der Waals surface area contributed by atoms with E-state index >= 15 is 0 Å². The van der Waals surface area contributed by atoms with Crippen LogP contribution in [0.1, 0.15) is 21.5 Å². The van der Waals surface area contributed by atoms with Gasteiger partial charge in [0.25, 0.3) is 5.91 Å². The fourth-order valence-electron chi connectivity index (χ4n) is 2.87. The van der Waals surface area contributed by atoms with Gasteiger partial charge in [0, 0.05) is 11.3 Å². The average molecular weight is 430 g/mol. The van der Waals surface area contributed by atoms with Crippen LogP contribution >= 0.6 is 0 Å². The minimum absolute atomic E-state index is 0.200. The van der Waals surface area contributed by atoms with E-state index in [-0.39, 0.29) is 11.3 Å². The summed E-state index contributed by atoms with van der Waals surface area (Å²) in [5.41, 5.74) is 4.83. The van der Waals surface area contributed by atoms with Crippen LogP contribution in [0, 0.1) is 6.92 Å². The van der Waals surface area contributed by atoms with E-state index in [2.05, 4.69) is 21.2 Å². The number of carbonyl (C=O) groups is 3. The van der Waals surface area contributed by atoms with Crippen molar-refractivity contribution in [2.75, 3.05) is 17.7 Å². The minimum Gasteiger partial charge on any atom is -0.496 e. The highest BCUT2D eigenvalue weighted by Crippen LogP contribution is 2.18. The number of nitrogens with one attached hydrogen (secondary N) is 3. The van der Waals surface area contributed by atoms with Crippen LogP contribution in [-0.2, 0) is 9.59 Å². The zero-order chi connectivity index (χ0) is 22.9. The third kappa shape index (κ3) is 5.79. The van der Waals surface area contributed by atoms with E-state index in [9.17, 15) is 14.4 Å². The van der Waals surface area contributed by atoms with E-state index in [0.29, 0.717) is 17.0 Å². The maximum absolute atomic E-state index is 12.7. The highest BCUT2D eigenvalue weighted by atomic mass is 16.5. The lowest BCUT2D eigenvalue weighted by molar-refractivity contribution is -0.136. The van der Waals surface area contributed by atoms with Gasteiger partial charge in [-0.25, -0.2) is 5.43 Å². The standard InChI is InChI=1S/C24H22N4O4/c1-16-8-7-10-18(14-16)26-22(29)19-11-4-5-12-20(19)27-23(30)24(31)28-25-15-17-9-3-6-13-21(17)32-2/h3-15H,1-2H3,(H,26,29)(H,27,30)(H,28,31). The smallest absolute Gasteiger partial charge is 0.329 e. The van der Waals surface area contributed by atoms with Crippen LogP contribution in [-0.4, -0.2) is 31.0 Å². The van der Waals surface area contributed by atoms with Crippen molar-refractivity contribution >= 4 is 35.3 Å². The van der Waals surface area contributed by atoms with Gasteiger partial charge >= 0.3 is 11.8 Å². The molecule has 0 bridgehead atoms. The van der Waals surface area contributed by atoms with Gasteiger partial charge < -0.3 is 15.4 Å². The van der Waals surface area contributed by atoms with Gasteiger partial charge in [0.1, 0.15) is 5.75 Å². The maximum atomic E-state index is 12.7. The first-order valence-corrected chi connectivity index (χ1v) is 9.72. The second-order valence-electron chi connectivity index (χ2n) is 6.76. The van der Waals surface area contributed by atoms with Crippen LogP contribution in [0.4, 0.5) is 11.4 Å². The second-order valence-corrected chi connectivity index (χ2v) is 6.76. The molecule has 0 atom stereocenters. The van der Waals surface area contributed by atoms with Crippen molar-refractivity contribution in [3.63, 3.8) is 0 Å². The molecule has 32 heavy (non-hydrogen) atoms. The molecule has 0 aliphatic heterocycles. The summed E-state index contributed by atoms with van der Waals surface area (Å²) in [6, 6.07) is 20.8. The fourth-order valence-corrected chi connectivity index (χ4v) is 2.87. The molecule has 3 rings (SSSR count). The first-order valence-electron chi connectivity index (χ1n) is 9.72. The van der Waals surface area contributed by atoms with E-state index in [1.807, 2.05) is 25.1 Å². The number of methoxy groups -OCH3 is 1. The molecule has 0 spiro atoms. The van der Waals surface area contributed by atoms with E-state index in [4.69, 9.17) is 4.74 Å². The second kappa shape index (κ2) is 10.5. The van der Waals surface area contributed by atoms with E-state index in [0.717, 1.165) is 5.56 Å². The third-order valence-electron chi connectivity index (χ3n) is 4.41. The number of ether oxygens (including phenoxy) is 1. The van der Waals surface area contributed by atoms with Gasteiger partial charge in [-0.1, -0.05) is 36.4 Å². The summed E-state index contributed by atoms with van der Waals surface area (Å²) in [5, 5.41) is 9.02. The molecule has 0 fully saturated rings. The van der Waals surface area contributed by atoms with Crippen LogP contribution in [0.5, 0.6) is 5.75 Å². The van der Waals surface area contributed by atoms with Gasteiger partial charge in [-0.3, -0.25) is 14.4 Å². The van der Waals surface area contributed by atoms with Crippen molar-refractivity contribution in [2.45, 2.75) is 6.92 Å². The van der Waals surface area contributed by atoms with Gasteiger partial charge in [-0.15, -0.1) is 0 Å². The molecular formula is C24H22N4O4. The van der Waals surface area contributed by atoms with E-state index < -0.39 is 17.7 Å². The Hall–Kier alpha value is -4.46. The number of nitrogens with zero attached hydrogens (tertiary/aromatic N) is 1. The summed E-state index contributed by atoms with van der Waals surface area (Å²) in [5.74, 6) is -1.78. The number of aryl methyl sites for hydroxylation is 1. The Bertz CT molecular complexity index is 1170. The monoisotopic (exact) mass is 430 g/mol. The first kappa shape index (κ1) is 22.2. The Morgan fingerprint density at radius 3 is 2.41 bits per heavy atom. The Morgan fingerprint density at radius 2 is 1.62 bits per heavy atom. The number of para-hydroxylation sites is 2. The van der Waals surface area contributed by atoms with Crippen LogP contribution in [0.15, 0.2) is 77.9 Å². The Labute approximate surface area is 185 Å². The molecule has 0 aliphatic rings. The van der Waals surface area contributed by atoms with Crippen LogP contribution in [0.25, 0.3) is 0 Å². The number of anilines is 2. The molecule has 3 amide bonds. The summed E-state index contributed by atoms with van der Waals surface area (Å²) in [4.78, 5) is 37.1. The maximum Gasteiger partial charge on any atom is 0.329 e. The number of benzene rings is 3. The zero-order valence-electron chi connectivity index (χ0n) is 17.6. The number of rotatable bonds is 6. The van der Waals surface area contributed by atoms with Crippen molar-refractivity contribution in [3.8, 4) is 5.75 Å². The molecule has 3 N–H and O–H groups in total. The van der Waals surface area contributed by atoms with Gasteiger partial charge in [-0.05, 0) is 48.9 Å². The fraction of sp³-hybridized carbons (Fsp3) is 0.0833. The number of carbonyl (C=O) groups excluding carboxylic acids is 3. The summed E-state index contributed by atoms with van der Waals surface area (Å²) >= 11 is 0. The topological polar surface area (TPSA) is 109 Å². The molecule has 0 heterocycles. The minimum atomic E-state index is -0.981. The lowest BCUT2D eigenvalue weighted by Gasteiger charge is -2.11. The molecule has 0 saturated carbocycles.